The highest BCUT2D eigenvalue weighted by Gasteiger charge is 2.24. The Balaban J connectivity index is 1.91. The molecule has 3 rings (SSSR count). The summed E-state index contributed by atoms with van der Waals surface area (Å²) in [5.41, 5.74) is 2.29. The van der Waals surface area contributed by atoms with E-state index < -0.39 is 6.10 Å². The van der Waals surface area contributed by atoms with Gasteiger partial charge in [0.2, 0.25) is 0 Å². The average Bonchev–Trinajstić information content (AvgIpc) is 3.16. The lowest BCUT2D eigenvalue weighted by Gasteiger charge is -2.13. The summed E-state index contributed by atoms with van der Waals surface area (Å²) in [5, 5.41) is 10.4. The highest BCUT2D eigenvalue weighted by atomic mass is 16.3. The van der Waals surface area contributed by atoms with Crippen molar-refractivity contribution >= 4 is 0 Å². The molecule has 3 nitrogen and oxygen atoms in total. The molecule has 0 spiro atoms. The Morgan fingerprint density at radius 1 is 1.44 bits per heavy atom. The van der Waals surface area contributed by atoms with E-state index in [0.29, 0.717) is 5.92 Å². The average molecular weight is 242 g/mol. The van der Waals surface area contributed by atoms with Gasteiger partial charge in [-0.25, -0.2) is 4.98 Å². The van der Waals surface area contributed by atoms with Gasteiger partial charge >= 0.3 is 0 Å². The zero-order valence-corrected chi connectivity index (χ0v) is 10.6. The molecule has 18 heavy (non-hydrogen) atoms. The van der Waals surface area contributed by atoms with Crippen molar-refractivity contribution in [3.63, 3.8) is 0 Å². The third-order valence-electron chi connectivity index (χ3n) is 3.61. The molecule has 1 heterocycles. The highest BCUT2D eigenvalue weighted by molar-refractivity contribution is 5.32. The number of aryl methyl sites for hydroxylation is 1. The van der Waals surface area contributed by atoms with E-state index in [1.165, 1.54) is 18.4 Å². The van der Waals surface area contributed by atoms with E-state index in [0.717, 1.165) is 17.9 Å². The molecule has 0 bridgehead atoms. The summed E-state index contributed by atoms with van der Waals surface area (Å²) >= 11 is 0. The van der Waals surface area contributed by atoms with Crippen molar-refractivity contribution in [1.29, 1.82) is 0 Å². The smallest absolute Gasteiger partial charge is 0.142 e. The zero-order valence-electron chi connectivity index (χ0n) is 10.6. The topological polar surface area (TPSA) is 38.0 Å². The zero-order chi connectivity index (χ0) is 12.5. The number of aliphatic hydroxyl groups is 1. The molecular formula is C15H18N2O. The molecule has 1 N–H and O–H groups in total. The van der Waals surface area contributed by atoms with Crippen LogP contribution in [0, 0.1) is 0 Å². The molecule has 1 aliphatic rings. The lowest BCUT2D eigenvalue weighted by molar-refractivity contribution is 0.204. The molecule has 2 aromatic rings. The Morgan fingerprint density at radius 2 is 2.28 bits per heavy atom. The second kappa shape index (κ2) is 4.58. The number of hydrogen-bond acceptors (Lipinski definition) is 2. The lowest BCUT2D eigenvalue weighted by atomic mass is 10.0. The fourth-order valence-corrected chi connectivity index (χ4v) is 2.38. The van der Waals surface area contributed by atoms with E-state index in [1.54, 1.807) is 6.20 Å². The Kier molecular flexibility index (Phi) is 2.92. The van der Waals surface area contributed by atoms with E-state index in [4.69, 9.17) is 0 Å². The molecule has 1 aromatic carbocycles. The molecular weight excluding hydrogens is 224 g/mol. The molecule has 94 valence electrons. The van der Waals surface area contributed by atoms with Gasteiger partial charge in [0.25, 0.3) is 0 Å². The molecule has 1 saturated carbocycles. The molecule has 1 fully saturated rings. The van der Waals surface area contributed by atoms with Gasteiger partial charge in [-0.3, -0.25) is 0 Å². The summed E-state index contributed by atoms with van der Waals surface area (Å²) in [7, 11) is 0. The van der Waals surface area contributed by atoms with Gasteiger partial charge in [0.1, 0.15) is 11.9 Å². The van der Waals surface area contributed by atoms with Crippen molar-refractivity contribution in [2.24, 2.45) is 0 Å². The largest absolute Gasteiger partial charge is 0.380 e. The van der Waals surface area contributed by atoms with Crippen LogP contribution in [-0.2, 0) is 6.54 Å². The maximum Gasteiger partial charge on any atom is 0.142 e. The minimum atomic E-state index is -0.626. The first-order chi connectivity index (χ1) is 8.79. The van der Waals surface area contributed by atoms with Gasteiger partial charge in [-0.15, -0.1) is 0 Å². The number of hydrogen-bond donors (Lipinski definition) is 1. The molecule has 0 radical (unpaired) electrons. The van der Waals surface area contributed by atoms with Crippen LogP contribution in [0.2, 0.25) is 0 Å². The summed E-state index contributed by atoms with van der Waals surface area (Å²) < 4.78 is 1.98. The maximum atomic E-state index is 10.4. The summed E-state index contributed by atoms with van der Waals surface area (Å²) in [5.74, 6) is 1.44. The first-order valence-corrected chi connectivity index (χ1v) is 6.58. The van der Waals surface area contributed by atoms with Crippen LogP contribution in [0.1, 0.15) is 48.7 Å². The molecule has 1 aromatic heterocycles. The van der Waals surface area contributed by atoms with Crippen molar-refractivity contribution in [3.05, 3.63) is 53.6 Å². The van der Waals surface area contributed by atoms with E-state index in [2.05, 4.69) is 24.0 Å². The minimum absolute atomic E-state index is 0.626. The second-order valence-corrected chi connectivity index (χ2v) is 4.92. The lowest BCUT2D eigenvalue weighted by Crippen LogP contribution is -2.09. The Labute approximate surface area is 107 Å². The van der Waals surface area contributed by atoms with Gasteiger partial charge in [-0.2, -0.15) is 0 Å². The molecule has 0 aliphatic heterocycles. The van der Waals surface area contributed by atoms with Crippen LogP contribution in [0.25, 0.3) is 0 Å². The number of rotatable bonds is 4. The Hall–Kier alpha value is -1.61. The van der Waals surface area contributed by atoms with Crippen molar-refractivity contribution in [1.82, 2.24) is 9.55 Å². The van der Waals surface area contributed by atoms with E-state index in [-0.39, 0.29) is 0 Å². The van der Waals surface area contributed by atoms with Crippen molar-refractivity contribution < 1.29 is 5.11 Å². The van der Waals surface area contributed by atoms with Crippen LogP contribution in [0.4, 0.5) is 0 Å². The predicted octanol–water partition coefficient (Wildman–Crippen LogP) is 2.86. The van der Waals surface area contributed by atoms with Gasteiger partial charge in [-0.1, -0.05) is 24.3 Å². The summed E-state index contributed by atoms with van der Waals surface area (Å²) in [6, 6.07) is 8.29. The Bertz CT molecular complexity index is 543. The summed E-state index contributed by atoms with van der Waals surface area (Å²) in [6.45, 7) is 2.88. The number of aliphatic hydroxyl groups excluding tert-OH is 1. The predicted molar refractivity (Wildman–Crippen MR) is 70.4 cm³/mol. The van der Waals surface area contributed by atoms with Crippen molar-refractivity contribution in [2.45, 2.75) is 38.3 Å². The van der Waals surface area contributed by atoms with Gasteiger partial charge in [-0.05, 0) is 36.8 Å². The quantitative estimate of drug-likeness (QED) is 0.895. The normalized spacial score (nSPS) is 16.8. The van der Waals surface area contributed by atoms with E-state index in [9.17, 15) is 5.11 Å². The molecule has 0 amide bonds. The number of nitrogens with zero attached hydrogens (tertiary/aromatic N) is 2. The van der Waals surface area contributed by atoms with Crippen molar-refractivity contribution in [2.75, 3.05) is 0 Å². The summed E-state index contributed by atoms with van der Waals surface area (Å²) in [6.07, 6.45) is 5.58. The minimum Gasteiger partial charge on any atom is -0.380 e. The van der Waals surface area contributed by atoms with Crippen LogP contribution in [0.3, 0.4) is 0 Å². The Morgan fingerprint density at radius 3 is 3.00 bits per heavy atom. The van der Waals surface area contributed by atoms with Gasteiger partial charge in [0.05, 0.1) is 0 Å². The first kappa shape index (κ1) is 11.5. The summed E-state index contributed by atoms with van der Waals surface area (Å²) in [4.78, 5) is 4.27. The maximum absolute atomic E-state index is 10.4. The number of benzene rings is 1. The fraction of sp³-hybridized carbons (Fsp3) is 0.400. The standard InChI is InChI=1S/C15H18N2O/c1-2-17-9-8-16-15(17)14(18)13-5-3-4-12(10-13)11-6-7-11/h3-5,8-11,14,18H,2,6-7H2,1H3. The van der Waals surface area contributed by atoms with Crippen LogP contribution >= 0.6 is 0 Å². The highest BCUT2D eigenvalue weighted by Crippen LogP contribution is 2.40. The first-order valence-electron chi connectivity index (χ1n) is 6.58. The second-order valence-electron chi connectivity index (χ2n) is 4.92. The number of imidazole rings is 1. The number of aromatic nitrogens is 2. The third-order valence-corrected chi connectivity index (χ3v) is 3.61. The van der Waals surface area contributed by atoms with E-state index >= 15 is 0 Å². The van der Waals surface area contributed by atoms with Crippen LogP contribution in [0.15, 0.2) is 36.7 Å². The molecule has 1 atom stereocenters. The van der Waals surface area contributed by atoms with Crippen molar-refractivity contribution in [3.8, 4) is 0 Å². The monoisotopic (exact) mass is 242 g/mol. The fourth-order valence-electron chi connectivity index (χ4n) is 2.38. The molecule has 3 heteroatoms. The van der Waals surface area contributed by atoms with Crippen LogP contribution in [-0.4, -0.2) is 14.7 Å². The third kappa shape index (κ3) is 2.06. The van der Waals surface area contributed by atoms with E-state index in [1.807, 2.05) is 22.9 Å². The molecule has 0 saturated heterocycles. The van der Waals surface area contributed by atoms with Gasteiger partial charge in [0, 0.05) is 18.9 Å². The van der Waals surface area contributed by atoms with Gasteiger partial charge in [0.15, 0.2) is 0 Å². The molecule has 1 aliphatic carbocycles. The van der Waals surface area contributed by atoms with Gasteiger partial charge < -0.3 is 9.67 Å². The molecule has 1 unspecified atom stereocenters. The van der Waals surface area contributed by atoms with Crippen LogP contribution < -0.4 is 0 Å². The SMILES string of the molecule is CCn1ccnc1C(O)c1cccc(C2CC2)c1. The van der Waals surface area contributed by atoms with Crippen LogP contribution in [0.5, 0.6) is 0 Å².